The summed E-state index contributed by atoms with van der Waals surface area (Å²) < 4.78 is 6.64. The average molecular weight is 341 g/mol. The summed E-state index contributed by atoms with van der Waals surface area (Å²) in [5, 5.41) is 4.25. The van der Waals surface area contributed by atoms with Gasteiger partial charge in [0.15, 0.2) is 12.4 Å². The summed E-state index contributed by atoms with van der Waals surface area (Å²) in [6.07, 6.45) is -0.111. The third kappa shape index (κ3) is 3.57. The molecule has 130 valence electrons. The van der Waals surface area contributed by atoms with Gasteiger partial charge in [-0.2, -0.15) is 4.98 Å². The Kier molecular flexibility index (Phi) is 4.35. The molecule has 0 unspecified atom stereocenters. The molecule has 0 aliphatic carbocycles. The van der Waals surface area contributed by atoms with Crippen LogP contribution in [0.2, 0.25) is 0 Å². The molecule has 3 aromatic heterocycles. The first-order valence-corrected chi connectivity index (χ1v) is 7.88. The van der Waals surface area contributed by atoms with Gasteiger partial charge in [-0.25, -0.2) is 9.50 Å². The van der Waals surface area contributed by atoms with Crippen LogP contribution in [0.5, 0.6) is 0 Å². The van der Waals surface area contributed by atoms with Crippen molar-refractivity contribution in [2.75, 3.05) is 6.61 Å². The number of nitrogens with one attached hydrogen (secondary N) is 1. The summed E-state index contributed by atoms with van der Waals surface area (Å²) >= 11 is 0. The molecule has 0 amide bonds. The van der Waals surface area contributed by atoms with Crippen LogP contribution >= 0.6 is 0 Å². The van der Waals surface area contributed by atoms with Crippen molar-refractivity contribution in [3.05, 3.63) is 46.3 Å². The van der Waals surface area contributed by atoms with Gasteiger partial charge < -0.3 is 9.72 Å². The van der Waals surface area contributed by atoms with Crippen LogP contribution in [0.3, 0.4) is 0 Å². The molecule has 0 spiro atoms. The van der Waals surface area contributed by atoms with Gasteiger partial charge in [-0.05, 0) is 39.8 Å². The van der Waals surface area contributed by atoms with E-state index in [1.165, 1.54) is 0 Å². The molecular formula is C17H19N5O3. The molecule has 25 heavy (non-hydrogen) atoms. The number of Topliss-reactive ketones (excluding diaryl/α,β-unsaturated/α-hetero) is 1. The number of fused-ring (bicyclic) bond motifs is 1. The predicted octanol–water partition coefficient (Wildman–Crippen LogP) is 1.65. The number of carbonyl (C=O) groups is 2. The van der Waals surface area contributed by atoms with Gasteiger partial charge in [0.2, 0.25) is 5.78 Å². The number of nitrogens with zero attached hydrogens (tertiary/aromatic N) is 4. The lowest BCUT2D eigenvalue weighted by molar-refractivity contribution is -0.141. The highest BCUT2D eigenvalue weighted by Crippen LogP contribution is 2.11. The SMILES string of the molecule is Cc1cc(C)n2nc(CC(=O)OCC(=O)c3cc(C)[nH]c3C)nc2n1. The van der Waals surface area contributed by atoms with E-state index in [-0.39, 0.29) is 18.8 Å². The zero-order valence-electron chi connectivity index (χ0n) is 14.6. The van der Waals surface area contributed by atoms with Crippen LogP contribution in [0.25, 0.3) is 5.78 Å². The molecule has 3 heterocycles. The zero-order chi connectivity index (χ0) is 18.1. The van der Waals surface area contributed by atoms with Crippen LogP contribution in [-0.4, -0.2) is 42.9 Å². The van der Waals surface area contributed by atoms with Gasteiger partial charge in [0.05, 0.1) is 0 Å². The Balaban J connectivity index is 1.64. The lowest BCUT2D eigenvalue weighted by atomic mass is 10.1. The summed E-state index contributed by atoms with van der Waals surface area (Å²) in [5.74, 6) is -0.0445. The Morgan fingerprint density at radius 2 is 1.92 bits per heavy atom. The highest BCUT2D eigenvalue weighted by Gasteiger charge is 2.16. The molecule has 0 saturated heterocycles. The highest BCUT2D eigenvalue weighted by atomic mass is 16.5. The van der Waals surface area contributed by atoms with Crippen LogP contribution < -0.4 is 0 Å². The van der Waals surface area contributed by atoms with Gasteiger partial charge in [0, 0.05) is 28.3 Å². The maximum Gasteiger partial charge on any atom is 0.314 e. The van der Waals surface area contributed by atoms with Crippen molar-refractivity contribution >= 4 is 17.5 Å². The fourth-order valence-electron chi connectivity index (χ4n) is 2.70. The second kappa shape index (κ2) is 6.46. The van der Waals surface area contributed by atoms with E-state index in [0.29, 0.717) is 17.2 Å². The minimum Gasteiger partial charge on any atom is -0.457 e. The first-order valence-electron chi connectivity index (χ1n) is 7.88. The highest BCUT2D eigenvalue weighted by molar-refractivity contribution is 5.99. The minimum absolute atomic E-state index is 0.111. The Morgan fingerprint density at radius 3 is 2.60 bits per heavy atom. The molecule has 3 rings (SSSR count). The number of aromatic nitrogens is 5. The van der Waals surface area contributed by atoms with E-state index in [4.69, 9.17) is 4.74 Å². The quantitative estimate of drug-likeness (QED) is 0.559. The van der Waals surface area contributed by atoms with E-state index in [1.54, 1.807) is 17.5 Å². The molecule has 0 aliphatic heterocycles. The number of ether oxygens (including phenoxy) is 1. The van der Waals surface area contributed by atoms with E-state index in [9.17, 15) is 9.59 Å². The number of ketones is 1. The molecule has 0 bridgehead atoms. The zero-order valence-corrected chi connectivity index (χ0v) is 14.6. The fraction of sp³-hybridized carbons (Fsp3) is 0.353. The maximum atomic E-state index is 12.1. The largest absolute Gasteiger partial charge is 0.457 e. The van der Waals surface area contributed by atoms with Crippen molar-refractivity contribution < 1.29 is 14.3 Å². The molecular weight excluding hydrogens is 322 g/mol. The topological polar surface area (TPSA) is 102 Å². The van der Waals surface area contributed by atoms with Crippen molar-refractivity contribution in [2.45, 2.75) is 34.1 Å². The number of carbonyl (C=O) groups excluding carboxylic acids is 2. The van der Waals surface area contributed by atoms with Crippen LogP contribution in [0.1, 0.15) is 39.0 Å². The lowest BCUT2D eigenvalue weighted by Gasteiger charge is -2.02. The van der Waals surface area contributed by atoms with E-state index in [1.807, 2.05) is 26.8 Å². The molecule has 0 fully saturated rings. The minimum atomic E-state index is -0.552. The summed E-state index contributed by atoms with van der Waals surface area (Å²) in [4.78, 5) is 35.6. The van der Waals surface area contributed by atoms with Crippen molar-refractivity contribution in [3.63, 3.8) is 0 Å². The number of esters is 1. The molecule has 8 nitrogen and oxygen atoms in total. The molecule has 0 aromatic carbocycles. The number of rotatable bonds is 5. The van der Waals surface area contributed by atoms with Gasteiger partial charge in [-0.1, -0.05) is 0 Å². The predicted molar refractivity (Wildman–Crippen MR) is 89.5 cm³/mol. The fourth-order valence-corrected chi connectivity index (χ4v) is 2.70. The van der Waals surface area contributed by atoms with Gasteiger partial charge in [0.1, 0.15) is 6.42 Å². The van der Waals surface area contributed by atoms with Crippen LogP contribution in [0.15, 0.2) is 12.1 Å². The average Bonchev–Trinajstić information content (AvgIpc) is 3.07. The van der Waals surface area contributed by atoms with E-state index < -0.39 is 5.97 Å². The molecule has 1 N–H and O–H groups in total. The smallest absolute Gasteiger partial charge is 0.314 e. The first kappa shape index (κ1) is 16.8. The van der Waals surface area contributed by atoms with Crippen LogP contribution in [0.4, 0.5) is 0 Å². The number of aromatic amines is 1. The number of aryl methyl sites for hydroxylation is 4. The van der Waals surface area contributed by atoms with Crippen LogP contribution in [-0.2, 0) is 16.0 Å². The third-order valence-corrected chi connectivity index (χ3v) is 3.78. The molecule has 0 atom stereocenters. The second-order valence-electron chi connectivity index (χ2n) is 6.03. The maximum absolute atomic E-state index is 12.1. The summed E-state index contributed by atoms with van der Waals surface area (Å²) in [6, 6.07) is 3.62. The van der Waals surface area contributed by atoms with Gasteiger partial charge in [-0.3, -0.25) is 9.59 Å². The standard InChI is InChI=1S/C17H19N5O3/c1-9-5-11(3)22-17(19-9)20-15(21-22)7-16(24)25-8-14(23)13-6-10(2)18-12(13)4/h5-6,18H,7-8H2,1-4H3. The Hall–Kier alpha value is -3.03. The van der Waals surface area contributed by atoms with E-state index in [0.717, 1.165) is 22.8 Å². The van der Waals surface area contributed by atoms with Gasteiger partial charge >= 0.3 is 5.97 Å². The number of hydrogen-bond acceptors (Lipinski definition) is 6. The Morgan fingerprint density at radius 1 is 1.16 bits per heavy atom. The third-order valence-electron chi connectivity index (χ3n) is 3.78. The Labute approximate surface area is 144 Å². The summed E-state index contributed by atoms with van der Waals surface area (Å²) in [6.45, 7) is 7.12. The van der Waals surface area contributed by atoms with Crippen molar-refractivity contribution in [2.24, 2.45) is 0 Å². The van der Waals surface area contributed by atoms with Crippen molar-refractivity contribution in [1.29, 1.82) is 0 Å². The van der Waals surface area contributed by atoms with Gasteiger partial charge in [0.25, 0.3) is 5.78 Å². The second-order valence-corrected chi connectivity index (χ2v) is 6.03. The van der Waals surface area contributed by atoms with Crippen LogP contribution in [0, 0.1) is 27.7 Å². The Bertz CT molecular complexity index is 970. The number of H-pyrrole nitrogens is 1. The molecule has 0 saturated carbocycles. The first-order chi connectivity index (χ1) is 11.8. The van der Waals surface area contributed by atoms with E-state index >= 15 is 0 Å². The molecule has 0 radical (unpaired) electrons. The van der Waals surface area contributed by atoms with Crippen molar-refractivity contribution in [1.82, 2.24) is 24.6 Å². The normalized spacial score (nSPS) is 11.0. The lowest BCUT2D eigenvalue weighted by Crippen LogP contribution is -2.16. The summed E-state index contributed by atoms with van der Waals surface area (Å²) in [5.41, 5.74) is 3.89. The summed E-state index contributed by atoms with van der Waals surface area (Å²) in [7, 11) is 0. The molecule has 8 heteroatoms. The van der Waals surface area contributed by atoms with Crippen molar-refractivity contribution in [3.8, 4) is 0 Å². The molecule has 0 aliphatic rings. The monoisotopic (exact) mass is 341 g/mol. The van der Waals surface area contributed by atoms with E-state index in [2.05, 4.69) is 20.1 Å². The molecule has 3 aromatic rings. The van der Waals surface area contributed by atoms with Gasteiger partial charge in [-0.15, -0.1) is 5.10 Å². The number of hydrogen-bond donors (Lipinski definition) is 1.